The van der Waals surface area contributed by atoms with Crippen molar-refractivity contribution >= 4 is 5.97 Å². The fraction of sp³-hybridized carbons (Fsp3) is 0.875. The van der Waals surface area contributed by atoms with Crippen molar-refractivity contribution < 1.29 is 24.1 Å². The summed E-state index contributed by atoms with van der Waals surface area (Å²) in [5, 5.41) is 8.59. The number of carboxylic acids is 1. The Bertz CT molecular complexity index is 181. The minimum absolute atomic E-state index is 0.0539. The first-order valence-corrected chi connectivity index (χ1v) is 4.10. The Hall–Kier alpha value is -0.650. The second kappa shape index (κ2) is 4.55. The zero-order chi connectivity index (χ0) is 9.84. The Morgan fingerprint density at radius 2 is 2.23 bits per heavy atom. The van der Waals surface area contributed by atoms with Gasteiger partial charge in [0.2, 0.25) is 0 Å². The molecule has 1 saturated heterocycles. The molecule has 5 heteroatoms. The van der Waals surface area contributed by atoms with Crippen molar-refractivity contribution in [2.24, 2.45) is 5.92 Å². The lowest BCUT2D eigenvalue weighted by molar-refractivity contribution is -0.194. The van der Waals surface area contributed by atoms with Crippen LogP contribution in [0.4, 0.5) is 0 Å². The highest BCUT2D eigenvalue weighted by atomic mass is 16.8. The summed E-state index contributed by atoms with van der Waals surface area (Å²) in [5.41, 5.74) is 0. The first kappa shape index (κ1) is 10.4. The van der Waals surface area contributed by atoms with Crippen LogP contribution in [0.3, 0.4) is 0 Å². The van der Waals surface area contributed by atoms with Gasteiger partial charge < -0.3 is 19.3 Å². The molecule has 0 spiro atoms. The normalized spacial score (nSPS) is 33.5. The molecular weight excluding hydrogens is 176 g/mol. The third-order valence-electron chi connectivity index (χ3n) is 2.10. The van der Waals surface area contributed by atoms with Crippen molar-refractivity contribution in [1.82, 2.24) is 0 Å². The molecule has 3 atom stereocenters. The van der Waals surface area contributed by atoms with E-state index in [4.69, 9.17) is 19.3 Å². The molecule has 0 aromatic heterocycles. The van der Waals surface area contributed by atoms with Crippen LogP contribution >= 0.6 is 0 Å². The van der Waals surface area contributed by atoms with E-state index in [1.54, 1.807) is 0 Å². The number of carboxylic acid groups (broad SMARTS) is 1. The number of carbonyl (C=O) groups is 1. The highest BCUT2D eigenvalue weighted by Gasteiger charge is 2.36. The van der Waals surface area contributed by atoms with Crippen molar-refractivity contribution in [3.05, 3.63) is 0 Å². The fourth-order valence-electron chi connectivity index (χ4n) is 1.48. The minimum Gasteiger partial charge on any atom is -0.481 e. The minimum atomic E-state index is -0.840. The Kier molecular flexibility index (Phi) is 3.65. The van der Waals surface area contributed by atoms with Crippen LogP contribution in [0.25, 0.3) is 0 Å². The Balaban J connectivity index is 2.47. The largest absolute Gasteiger partial charge is 0.481 e. The molecule has 13 heavy (non-hydrogen) atoms. The topological polar surface area (TPSA) is 65.0 Å². The number of hydrogen-bond acceptors (Lipinski definition) is 4. The molecule has 0 bridgehead atoms. The van der Waals surface area contributed by atoms with Crippen LogP contribution in [-0.2, 0) is 19.0 Å². The van der Waals surface area contributed by atoms with E-state index in [1.165, 1.54) is 14.2 Å². The molecule has 0 aliphatic carbocycles. The standard InChI is InChI=1S/C8H14O5/c1-11-7-4-5(3-6(9)10)8(12-2)13-7/h5,7-8H,3-4H2,1-2H3,(H,9,10). The quantitative estimate of drug-likeness (QED) is 0.697. The van der Waals surface area contributed by atoms with Gasteiger partial charge in [-0.2, -0.15) is 0 Å². The number of aliphatic carboxylic acids is 1. The van der Waals surface area contributed by atoms with Gasteiger partial charge in [-0.25, -0.2) is 0 Å². The first-order valence-electron chi connectivity index (χ1n) is 4.10. The van der Waals surface area contributed by atoms with Gasteiger partial charge in [0.25, 0.3) is 0 Å². The second-order valence-electron chi connectivity index (χ2n) is 3.00. The van der Waals surface area contributed by atoms with Gasteiger partial charge in [0, 0.05) is 26.6 Å². The summed E-state index contributed by atoms with van der Waals surface area (Å²) in [4.78, 5) is 10.5. The lowest BCUT2D eigenvalue weighted by Gasteiger charge is -2.13. The molecule has 1 aliphatic rings. The van der Waals surface area contributed by atoms with E-state index < -0.39 is 12.3 Å². The molecule has 1 rings (SSSR count). The molecular formula is C8H14O5. The smallest absolute Gasteiger partial charge is 0.303 e. The molecule has 1 aliphatic heterocycles. The van der Waals surface area contributed by atoms with Crippen LogP contribution in [0, 0.1) is 5.92 Å². The maximum atomic E-state index is 10.5. The average Bonchev–Trinajstić information content (AvgIpc) is 2.46. The Labute approximate surface area is 76.6 Å². The van der Waals surface area contributed by atoms with Crippen LogP contribution < -0.4 is 0 Å². The molecule has 0 radical (unpaired) electrons. The van der Waals surface area contributed by atoms with Crippen LogP contribution in [0.15, 0.2) is 0 Å². The van der Waals surface area contributed by atoms with E-state index in [1.807, 2.05) is 0 Å². The number of rotatable bonds is 4. The zero-order valence-corrected chi connectivity index (χ0v) is 7.73. The van der Waals surface area contributed by atoms with Crippen molar-refractivity contribution in [3.63, 3.8) is 0 Å². The Morgan fingerprint density at radius 3 is 2.69 bits per heavy atom. The summed E-state index contributed by atoms with van der Waals surface area (Å²) in [6, 6.07) is 0. The monoisotopic (exact) mass is 190 g/mol. The second-order valence-corrected chi connectivity index (χ2v) is 3.00. The molecule has 1 fully saturated rings. The summed E-state index contributed by atoms with van der Waals surface area (Å²) >= 11 is 0. The van der Waals surface area contributed by atoms with Crippen molar-refractivity contribution in [2.75, 3.05) is 14.2 Å². The van der Waals surface area contributed by atoms with Gasteiger partial charge in [-0.15, -0.1) is 0 Å². The van der Waals surface area contributed by atoms with Gasteiger partial charge in [-0.3, -0.25) is 4.79 Å². The SMILES string of the molecule is COC1CC(CC(=O)O)C(OC)O1. The summed E-state index contributed by atoms with van der Waals surface area (Å²) < 4.78 is 15.2. The van der Waals surface area contributed by atoms with Crippen molar-refractivity contribution in [1.29, 1.82) is 0 Å². The molecule has 0 saturated carbocycles. The van der Waals surface area contributed by atoms with Gasteiger partial charge in [0.1, 0.15) is 0 Å². The molecule has 5 nitrogen and oxygen atoms in total. The molecule has 1 N–H and O–H groups in total. The van der Waals surface area contributed by atoms with E-state index in [0.29, 0.717) is 6.42 Å². The van der Waals surface area contributed by atoms with Crippen LogP contribution in [0.5, 0.6) is 0 Å². The lowest BCUT2D eigenvalue weighted by atomic mass is 10.0. The van der Waals surface area contributed by atoms with Crippen molar-refractivity contribution in [3.8, 4) is 0 Å². The van der Waals surface area contributed by atoms with Gasteiger partial charge >= 0.3 is 5.97 Å². The van der Waals surface area contributed by atoms with Gasteiger partial charge in [0.15, 0.2) is 12.6 Å². The molecule has 76 valence electrons. The van der Waals surface area contributed by atoms with Crippen LogP contribution in [0.2, 0.25) is 0 Å². The van der Waals surface area contributed by atoms with E-state index in [2.05, 4.69) is 0 Å². The lowest BCUT2D eigenvalue weighted by Crippen LogP contribution is -2.20. The summed E-state index contributed by atoms with van der Waals surface area (Å²) in [6.07, 6.45) is -0.171. The maximum Gasteiger partial charge on any atom is 0.303 e. The van der Waals surface area contributed by atoms with E-state index in [0.717, 1.165) is 0 Å². The summed E-state index contributed by atoms with van der Waals surface area (Å²) in [6.45, 7) is 0. The number of hydrogen-bond donors (Lipinski definition) is 1. The molecule has 1 heterocycles. The van der Waals surface area contributed by atoms with Gasteiger partial charge in [-0.05, 0) is 0 Å². The third kappa shape index (κ3) is 2.65. The maximum absolute atomic E-state index is 10.5. The Morgan fingerprint density at radius 1 is 1.54 bits per heavy atom. The predicted molar refractivity (Wildman–Crippen MR) is 43.0 cm³/mol. The molecule has 0 aromatic carbocycles. The highest BCUT2D eigenvalue weighted by Crippen LogP contribution is 2.29. The van der Waals surface area contributed by atoms with E-state index in [9.17, 15) is 4.79 Å². The van der Waals surface area contributed by atoms with Crippen molar-refractivity contribution in [2.45, 2.75) is 25.4 Å². The van der Waals surface area contributed by atoms with E-state index in [-0.39, 0.29) is 18.6 Å². The van der Waals surface area contributed by atoms with Crippen LogP contribution in [0.1, 0.15) is 12.8 Å². The van der Waals surface area contributed by atoms with Crippen LogP contribution in [-0.4, -0.2) is 37.9 Å². The average molecular weight is 190 g/mol. The summed E-state index contributed by atoms with van der Waals surface area (Å²) in [5.74, 6) is -0.958. The predicted octanol–water partition coefficient (Wildman–Crippen LogP) is 0.443. The van der Waals surface area contributed by atoms with Gasteiger partial charge in [-0.1, -0.05) is 0 Å². The van der Waals surface area contributed by atoms with E-state index >= 15 is 0 Å². The molecule has 0 aromatic rings. The fourth-order valence-corrected chi connectivity index (χ4v) is 1.48. The summed E-state index contributed by atoms with van der Waals surface area (Å²) in [7, 11) is 3.03. The molecule has 0 amide bonds. The van der Waals surface area contributed by atoms with Gasteiger partial charge in [0.05, 0.1) is 6.42 Å². The zero-order valence-electron chi connectivity index (χ0n) is 7.73. The number of ether oxygens (including phenoxy) is 3. The number of methoxy groups -OCH3 is 2. The third-order valence-corrected chi connectivity index (χ3v) is 2.10. The highest BCUT2D eigenvalue weighted by molar-refractivity contribution is 5.67. The first-order chi connectivity index (χ1) is 6.17. The molecule has 3 unspecified atom stereocenters.